The third kappa shape index (κ3) is 2.73. The number of aliphatic hydroxyl groups excluding tert-OH is 1. The van der Waals surface area contributed by atoms with Crippen LogP contribution < -0.4 is 4.74 Å². The maximum absolute atomic E-state index is 9.00. The molecule has 0 atom stereocenters. The van der Waals surface area contributed by atoms with Gasteiger partial charge in [-0.15, -0.1) is 0 Å². The molecule has 0 fully saturated rings. The van der Waals surface area contributed by atoms with Crippen molar-refractivity contribution < 1.29 is 19.9 Å². The minimum Gasteiger partial charge on any atom is -0.496 e. The van der Waals surface area contributed by atoms with Gasteiger partial charge in [-0.2, -0.15) is 0 Å². The minimum absolute atomic E-state index is 0.126. The van der Waals surface area contributed by atoms with Crippen molar-refractivity contribution in [1.82, 2.24) is 0 Å². The summed E-state index contributed by atoms with van der Waals surface area (Å²) >= 11 is 0. The Morgan fingerprint density at radius 3 is 2.57 bits per heavy atom. The number of aliphatic hydroxyl groups is 1. The Bertz CT molecular complexity index is 301. The summed E-state index contributed by atoms with van der Waals surface area (Å²) in [6.45, 7) is -0.126. The molecule has 1 aromatic carbocycles. The zero-order valence-electron chi connectivity index (χ0n) is 7.97. The Kier molecular flexibility index (Phi) is 3.94. The van der Waals surface area contributed by atoms with Crippen LogP contribution in [0, 0.1) is 0 Å². The fourth-order valence-corrected chi connectivity index (χ4v) is 1.29. The van der Waals surface area contributed by atoms with Crippen LogP contribution in [0.1, 0.15) is 11.1 Å². The molecule has 76 valence electrons. The highest BCUT2D eigenvalue weighted by molar-refractivity contribution is 6.40. The van der Waals surface area contributed by atoms with Gasteiger partial charge in [-0.1, -0.05) is 12.1 Å². The summed E-state index contributed by atoms with van der Waals surface area (Å²) in [6, 6.07) is 5.12. The molecule has 14 heavy (non-hydrogen) atoms. The van der Waals surface area contributed by atoms with E-state index in [2.05, 4.69) is 0 Å². The van der Waals surface area contributed by atoms with Gasteiger partial charge < -0.3 is 19.9 Å². The first-order chi connectivity index (χ1) is 6.67. The van der Waals surface area contributed by atoms with E-state index in [1.165, 1.54) is 7.11 Å². The van der Waals surface area contributed by atoms with Crippen molar-refractivity contribution in [3.63, 3.8) is 0 Å². The van der Waals surface area contributed by atoms with E-state index in [4.69, 9.17) is 19.9 Å². The van der Waals surface area contributed by atoms with Crippen LogP contribution >= 0.6 is 0 Å². The van der Waals surface area contributed by atoms with Gasteiger partial charge in [-0.3, -0.25) is 0 Å². The lowest BCUT2D eigenvalue weighted by Crippen LogP contribution is -2.15. The van der Waals surface area contributed by atoms with Crippen LogP contribution in [0.3, 0.4) is 0 Å². The second-order valence-electron chi connectivity index (χ2n) is 2.99. The normalized spacial score (nSPS) is 10.0. The molecule has 5 heteroatoms. The molecule has 1 aromatic rings. The molecule has 0 heterocycles. The number of hydrogen-bond acceptors (Lipinski definition) is 4. The highest BCUT2D eigenvalue weighted by Crippen LogP contribution is 2.20. The number of ether oxygens (including phenoxy) is 1. The topological polar surface area (TPSA) is 69.9 Å². The lowest BCUT2D eigenvalue weighted by atomic mass is 9.81. The largest absolute Gasteiger partial charge is 0.496 e. The molecule has 1 rings (SSSR count). The van der Waals surface area contributed by atoms with Gasteiger partial charge in [-0.25, -0.2) is 0 Å². The standard InChI is InChI=1S/C9H13BO4/c1-14-9-3-2-7(5-10(12)13)4-8(9)6-11/h2-4,11-13H,5-6H2,1H3. The van der Waals surface area contributed by atoms with Crippen LogP contribution in [0.5, 0.6) is 5.75 Å². The molecule has 0 saturated heterocycles. The summed E-state index contributed by atoms with van der Waals surface area (Å²) in [5, 5.41) is 26.5. The van der Waals surface area contributed by atoms with Crippen LogP contribution in [-0.2, 0) is 12.9 Å². The van der Waals surface area contributed by atoms with Crippen LogP contribution in [0.25, 0.3) is 0 Å². The molecule has 0 amide bonds. The average molecular weight is 196 g/mol. The van der Waals surface area contributed by atoms with Gasteiger partial charge in [0.15, 0.2) is 0 Å². The average Bonchev–Trinajstić information content (AvgIpc) is 2.16. The summed E-state index contributed by atoms with van der Waals surface area (Å²) in [5.74, 6) is 0.601. The van der Waals surface area contributed by atoms with Gasteiger partial charge in [0.25, 0.3) is 0 Å². The first-order valence-electron chi connectivity index (χ1n) is 4.30. The zero-order chi connectivity index (χ0) is 10.6. The summed E-state index contributed by atoms with van der Waals surface area (Å²) in [5.41, 5.74) is 1.40. The van der Waals surface area contributed by atoms with Crippen LogP contribution in [0.15, 0.2) is 18.2 Å². The van der Waals surface area contributed by atoms with Crippen molar-refractivity contribution >= 4 is 7.12 Å². The molecule has 0 aliphatic carbocycles. The molecule has 0 aromatic heterocycles. The predicted octanol–water partition coefficient (Wildman–Crippen LogP) is -0.258. The molecular formula is C9H13BO4. The number of benzene rings is 1. The Morgan fingerprint density at radius 1 is 1.36 bits per heavy atom. The van der Waals surface area contributed by atoms with Crippen LogP contribution in [-0.4, -0.2) is 29.4 Å². The summed E-state index contributed by atoms with van der Waals surface area (Å²) in [6.07, 6.45) is 0.150. The van der Waals surface area contributed by atoms with E-state index in [1.54, 1.807) is 18.2 Å². The highest BCUT2D eigenvalue weighted by Gasteiger charge is 2.10. The maximum Gasteiger partial charge on any atom is 0.456 e. The third-order valence-corrected chi connectivity index (χ3v) is 1.93. The fraction of sp³-hybridized carbons (Fsp3) is 0.333. The predicted molar refractivity (Wildman–Crippen MR) is 52.8 cm³/mol. The summed E-state index contributed by atoms with van der Waals surface area (Å²) < 4.78 is 5.01. The van der Waals surface area contributed by atoms with Crippen LogP contribution in [0.4, 0.5) is 0 Å². The van der Waals surface area contributed by atoms with Crippen molar-refractivity contribution in [2.75, 3.05) is 7.11 Å². The van der Waals surface area contributed by atoms with Gasteiger partial charge in [-0.05, 0) is 11.6 Å². The van der Waals surface area contributed by atoms with Gasteiger partial charge >= 0.3 is 7.12 Å². The second-order valence-corrected chi connectivity index (χ2v) is 2.99. The molecular weight excluding hydrogens is 183 g/mol. The molecule has 4 nitrogen and oxygen atoms in total. The molecule has 0 bridgehead atoms. The van der Waals surface area contributed by atoms with Gasteiger partial charge in [0, 0.05) is 11.9 Å². The third-order valence-electron chi connectivity index (χ3n) is 1.93. The monoisotopic (exact) mass is 196 g/mol. The van der Waals surface area contributed by atoms with Gasteiger partial charge in [0.1, 0.15) is 5.75 Å². The zero-order valence-corrected chi connectivity index (χ0v) is 7.97. The Balaban J connectivity index is 2.89. The number of hydrogen-bond donors (Lipinski definition) is 3. The molecule has 0 radical (unpaired) electrons. The molecule has 0 unspecified atom stereocenters. The summed E-state index contributed by atoms with van der Waals surface area (Å²) in [4.78, 5) is 0. The van der Waals surface area contributed by atoms with Crippen molar-refractivity contribution in [2.24, 2.45) is 0 Å². The Hall–Kier alpha value is -1.04. The van der Waals surface area contributed by atoms with E-state index in [0.717, 1.165) is 5.56 Å². The van der Waals surface area contributed by atoms with E-state index in [1.807, 2.05) is 0 Å². The van der Waals surface area contributed by atoms with Crippen molar-refractivity contribution in [3.05, 3.63) is 29.3 Å². The fourth-order valence-electron chi connectivity index (χ4n) is 1.29. The van der Waals surface area contributed by atoms with E-state index in [0.29, 0.717) is 11.3 Å². The number of rotatable bonds is 4. The lowest BCUT2D eigenvalue weighted by molar-refractivity contribution is 0.273. The first-order valence-corrected chi connectivity index (χ1v) is 4.30. The molecule has 0 spiro atoms. The van der Waals surface area contributed by atoms with E-state index >= 15 is 0 Å². The highest BCUT2D eigenvalue weighted by atomic mass is 16.5. The maximum atomic E-state index is 9.00. The Morgan fingerprint density at radius 2 is 2.07 bits per heavy atom. The second kappa shape index (κ2) is 5.00. The summed E-state index contributed by atoms with van der Waals surface area (Å²) in [7, 11) is 0.157. The van der Waals surface area contributed by atoms with E-state index in [9.17, 15) is 0 Å². The molecule has 0 saturated carbocycles. The van der Waals surface area contributed by atoms with Gasteiger partial charge in [0.2, 0.25) is 0 Å². The van der Waals surface area contributed by atoms with Crippen molar-refractivity contribution in [3.8, 4) is 5.75 Å². The van der Waals surface area contributed by atoms with Crippen molar-refractivity contribution in [1.29, 1.82) is 0 Å². The lowest BCUT2D eigenvalue weighted by Gasteiger charge is -2.08. The van der Waals surface area contributed by atoms with E-state index in [-0.39, 0.29) is 12.9 Å². The van der Waals surface area contributed by atoms with Crippen LogP contribution in [0.2, 0.25) is 0 Å². The molecule has 0 aliphatic rings. The van der Waals surface area contributed by atoms with E-state index < -0.39 is 7.12 Å². The quantitative estimate of drug-likeness (QED) is 0.580. The number of methoxy groups -OCH3 is 1. The SMILES string of the molecule is COc1ccc(CB(O)O)cc1CO. The van der Waals surface area contributed by atoms with Crippen molar-refractivity contribution in [2.45, 2.75) is 12.9 Å². The smallest absolute Gasteiger partial charge is 0.456 e. The Labute approximate surface area is 82.9 Å². The molecule has 0 aliphatic heterocycles. The van der Waals surface area contributed by atoms with Gasteiger partial charge in [0.05, 0.1) is 13.7 Å². The molecule has 3 N–H and O–H groups in total. The first kappa shape index (κ1) is 11.0. The minimum atomic E-state index is -1.37.